The van der Waals surface area contributed by atoms with Crippen molar-refractivity contribution in [1.29, 1.82) is 0 Å². The molecular weight excluding hydrogens is 409 g/mol. The van der Waals surface area contributed by atoms with E-state index in [0.29, 0.717) is 18.8 Å². The van der Waals surface area contributed by atoms with Crippen LogP contribution in [0.4, 0.5) is 4.39 Å². The van der Waals surface area contributed by atoms with Gasteiger partial charge in [0, 0.05) is 12.5 Å². The summed E-state index contributed by atoms with van der Waals surface area (Å²) in [7, 11) is -4.10. The molecular formula is C22H20FNO5S. The van der Waals surface area contributed by atoms with Crippen LogP contribution in [0.2, 0.25) is 0 Å². The van der Waals surface area contributed by atoms with Gasteiger partial charge in [-0.05, 0) is 66.9 Å². The molecule has 1 fully saturated rings. The first-order chi connectivity index (χ1) is 14.4. The fourth-order valence-electron chi connectivity index (χ4n) is 3.08. The maximum atomic E-state index is 13.1. The predicted octanol–water partition coefficient (Wildman–Crippen LogP) is 4.13. The molecule has 1 aliphatic carbocycles. The van der Waals surface area contributed by atoms with Crippen molar-refractivity contribution in [2.24, 2.45) is 5.92 Å². The summed E-state index contributed by atoms with van der Waals surface area (Å²) in [5, 5.41) is 0. The first-order valence-corrected chi connectivity index (χ1v) is 10.9. The van der Waals surface area contributed by atoms with Gasteiger partial charge in [0.2, 0.25) is 5.91 Å². The van der Waals surface area contributed by atoms with E-state index in [1.807, 2.05) is 6.07 Å². The van der Waals surface area contributed by atoms with Gasteiger partial charge in [0.05, 0.1) is 12.8 Å². The molecule has 4 rings (SSSR count). The van der Waals surface area contributed by atoms with Crippen LogP contribution in [0.3, 0.4) is 0 Å². The first-order valence-electron chi connectivity index (χ1n) is 9.51. The highest BCUT2D eigenvalue weighted by Gasteiger charge is 2.33. The number of hydrogen-bond donors (Lipinski definition) is 0. The van der Waals surface area contributed by atoms with Crippen molar-refractivity contribution in [3.05, 3.63) is 84.1 Å². The van der Waals surface area contributed by atoms with Crippen molar-refractivity contribution < 1.29 is 26.2 Å². The number of carbonyl (C=O) groups is 1. The Balaban J connectivity index is 1.51. The molecule has 30 heavy (non-hydrogen) atoms. The Kier molecular flexibility index (Phi) is 5.59. The van der Waals surface area contributed by atoms with Gasteiger partial charge in [0.15, 0.2) is 0 Å². The quantitative estimate of drug-likeness (QED) is 0.504. The molecule has 0 unspecified atom stereocenters. The third-order valence-corrected chi connectivity index (χ3v) is 6.01. The van der Waals surface area contributed by atoms with E-state index in [0.717, 1.165) is 42.7 Å². The number of halogens is 1. The van der Waals surface area contributed by atoms with Gasteiger partial charge in [0.25, 0.3) is 0 Å². The van der Waals surface area contributed by atoms with Crippen molar-refractivity contribution in [3.8, 4) is 5.75 Å². The Hall–Kier alpha value is -3.13. The lowest BCUT2D eigenvalue weighted by atomic mass is 10.2. The maximum Gasteiger partial charge on any atom is 0.339 e. The number of nitrogens with zero attached hydrogens (tertiary/aromatic N) is 1. The zero-order valence-corrected chi connectivity index (χ0v) is 16.8. The average molecular weight is 429 g/mol. The van der Waals surface area contributed by atoms with Gasteiger partial charge < -0.3 is 13.5 Å². The summed E-state index contributed by atoms with van der Waals surface area (Å²) in [6, 6.07) is 14.5. The SMILES string of the molecule is O=C(C1CC1)N(Cc1cccc(OS(=O)(=O)c2ccc(F)cc2)c1)Cc1ccco1. The van der Waals surface area contributed by atoms with Gasteiger partial charge in [-0.3, -0.25) is 4.79 Å². The fourth-order valence-corrected chi connectivity index (χ4v) is 4.01. The van der Waals surface area contributed by atoms with E-state index in [1.54, 1.807) is 35.4 Å². The molecule has 0 aliphatic heterocycles. The Labute approximate surface area is 174 Å². The van der Waals surface area contributed by atoms with Crippen LogP contribution in [-0.2, 0) is 28.0 Å². The zero-order chi connectivity index (χ0) is 21.1. The highest BCUT2D eigenvalue weighted by Crippen LogP contribution is 2.32. The molecule has 2 aromatic carbocycles. The van der Waals surface area contributed by atoms with Crippen LogP contribution in [0, 0.1) is 11.7 Å². The van der Waals surface area contributed by atoms with Gasteiger partial charge in [-0.25, -0.2) is 4.39 Å². The van der Waals surface area contributed by atoms with E-state index in [2.05, 4.69) is 0 Å². The van der Waals surface area contributed by atoms with Gasteiger partial charge >= 0.3 is 10.1 Å². The molecule has 0 saturated heterocycles. The van der Waals surface area contributed by atoms with Gasteiger partial charge in [0.1, 0.15) is 22.2 Å². The highest BCUT2D eigenvalue weighted by atomic mass is 32.2. The molecule has 1 heterocycles. The number of benzene rings is 2. The Morgan fingerprint density at radius 1 is 1.07 bits per heavy atom. The smallest absolute Gasteiger partial charge is 0.339 e. The number of hydrogen-bond acceptors (Lipinski definition) is 5. The molecule has 6 nitrogen and oxygen atoms in total. The van der Waals surface area contributed by atoms with Crippen LogP contribution in [0.1, 0.15) is 24.2 Å². The summed E-state index contributed by atoms with van der Waals surface area (Å²) in [4.78, 5) is 14.2. The second-order valence-corrected chi connectivity index (χ2v) is 8.73. The van der Waals surface area contributed by atoms with E-state index in [1.165, 1.54) is 6.07 Å². The lowest BCUT2D eigenvalue weighted by molar-refractivity contribution is -0.134. The number of rotatable bonds is 8. The van der Waals surface area contributed by atoms with Gasteiger partial charge in [-0.2, -0.15) is 8.42 Å². The van der Waals surface area contributed by atoms with Crippen LogP contribution >= 0.6 is 0 Å². The topological polar surface area (TPSA) is 76.8 Å². The lowest BCUT2D eigenvalue weighted by Crippen LogP contribution is -2.31. The van der Waals surface area contributed by atoms with E-state index in [-0.39, 0.29) is 22.5 Å². The van der Waals surface area contributed by atoms with Crippen LogP contribution in [-0.4, -0.2) is 19.2 Å². The summed E-state index contributed by atoms with van der Waals surface area (Å²) in [6.45, 7) is 0.630. The first kappa shape index (κ1) is 20.2. The number of carbonyl (C=O) groups excluding carboxylic acids is 1. The fraction of sp³-hybridized carbons (Fsp3) is 0.227. The van der Waals surface area contributed by atoms with Crippen LogP contribution in [0.15, 0.2) is 76.2 Å². The van der Waals surface area contributed by atoms with E-state index >= 15 is 0 Å². The molecule has 0 radical (unpaired) electrons. The van der Waals surface area contributed by atoms with Crippen molar-refractivity contribution in [2.75, 3.05) is 0 Å². The number of furan rings is 1. The van der Waals surface area contributed by atoms with Crippen molar-refractivity contribution >= 4 is 16.0 Å². The predicted molar refractivity (Wildman–Crippen MR) is 106 cm³/mol. The second kappa shape index (κ2) is 8.31. The Morgan fingerprint density at radius 2 is 1.83 bits per heavy atom. The summed E-state index contributed by atoms with van der Waals surface area (Å²) >= 11 is 0. The largest absolute Gasteiger partial charge is 0.467 e. The molecule has 1 amide bonds. The molecule has 1 aromatic heterocycles. The van der Waals surface area contributed by atoms with E-state index in [9.17, 15) is 17.6 Å². The number of amides is 1. The minimum atomic E-state index is -4.10. The molecule has 156 valence electrons. The van der Waals surface area contributed by atoms with Crippen LogP contribution in [0.25, 0.3) is 0 Å². The molecule has 1 saturated carbocycles. The van der Waals surface area contributed by atoms with Gasteiger partial charge in [-0.15, -0.1) is 0 Å². The maximum absolute atomic E-state index is 13.1. The average Bonchev–Trinajstić information content (AvgIpc) is 3.44. The summed E-state index contributed by atoms with van der Waals surface area (Å²) in [5.74, 6) is 0.353. The normalized spacial score (nSPS) is 13.8. The molecule has 0 N–H and O–H groups in total. The van der Waals surface area contributed by atoms with Gasteiger partial charge in [-0.1, -0.05) is 12.1 Å². The third kappa shape index (κ3) is 4.88. The lowest BCUT2D eigenvalue weighted by Gasteiger charge is -2.22. The molecule has 0 spiro atoms. The standard InChI is InChI=1S/C22H20FNO5S/c23-18-8-10-21(11-9-18)30(26,27)29-19-4-1-3-16(13-19)14-24(22(25)17-6-7-17)15-20-5-2-12-28-20/h1-5,8-13,17H,6-7,14-15H2. The highest BCUT2D eigenvalue weighted by molar-refractivity contribution is 7.87. The van der Waals surface area contributed by atoms with Crippen LogP contribution in [0.5, 0.6) is 5.75 Å². The van der Waals surface area contributed by atoms with E-state index < -0.39 is 15.9 Å². The Morgan fingerprint density at radius 3 is 2.50 bits per heavy atom. The summed E-state index contributed by atoms with van der Waals surface area (Å²) in [5.41, 5.74) is 0.724. The van der Waals surface area contributed by atoms with E-state index in [4.69, 9.17) is 8.60 Å². The molecule has 3 aromatic rings. The third-order valence-electron chi connectivity index (χ3n) is 4.75. The summed E-state index contributed by atoms with van der Waals surface area (Å²) < 4.78 is 48.5. The molecule has 0 atom stereocenters. The minimum Gasteiger partial charge on any atom is -0.467 e. The van der Waals surface area contributed by atoms with Crippen molar-refractivity contribution in [2.45, 2.75) is 30.8 Å². The van der Waals surface area contributed by atoms with Crippen molar-refractivity contribution in [1.82, 2.24) is 4.90 Å². The summed E-state index contributed by atoms with van der Waals surface area (Å²) in [6.07, 6.45) is 3.32. The second-order valence-electron chi connectivity index (χ2n) is 7.19. The monoisotopic (exact) mass is 429 g/mol. The minimum absolute atomic E-state index is 0.0400. The molecule has 1 aliphatic rings. The molecule has 0 bridgehead atoms. The Bertz CT molecular complexity index is 1120. The molecule has 8 heteroatoms. The zero-order valence-electron chi connectivity index (χ0n) is 16.0. The van der Waals surface area contributed by atoms with Crippen LogP contribution < -0.4 is 4.18 Å². The van der Waals surface area contributed by atoms with Crippen molar-refractivity contribution in [3.63, 3.8) is 0 Å².